The van der Waals surface area contributed by atoms with Crippen molar-refractivity contribution in [2.45, 2.75) is 27.2 Å². The summed E-state index contributed by atoms with van der Waals surface area (Å²) in [6.45, 7) is 6.26. The fraction of sp³-hybridized carbons (Fsp3) is 0.263. The second-order valence-corrected chi connectivity index (χ2v) is 5.14. The number of allylic oxidation sites excluding steroid dienone is 2. The van der Waals surface area contributed by atoms with Gasteiger partial charge in [-0.25, -0.2) is 9.97 Å². The van der Waals surface area contributed by atoms with Gasteiger partial charge in [0.1, 0.15) is 12.1 Å². The summed E-state index contributed by atoms with van der Waals surface area (Å²) in [5.74, 6) is 0.848. The van der Waals surface area contributed by atoms with Gasteiger partial charge < -0.3 is 5.32 Å². The molecule has 0 atom stereocenters. The lowest BCUT2D eigenvalue weighted by Gasteiger charge is -2.05. The van der Waals surface area contributed by atoms with Crippen LogP contribution in [0.3, 0.4) is 0 Å². The molecule has 3 nitrogen and oxygen atoms in total. The highest BCUT2D eigenvalue weighted by Crippen LogP contribution is 2.16. The molecule has 114 valence electrons. The van der Waals surface area contributed by atoms with Crippen LogP contribution in [0.1, 0.15) is 31.4 Å². The number of aryl methyl sites for hydroxylation is 1. The molecule has 1 N–H and O–H groups in total. The number of benzene rings is 1. The molecule has 0 saturated heterocycles. The van der Waals surface area contributed by atoms with Crippen LogP contribution in [0.15, 0.2) is 36.7 Å². The van der Waals surface area contributed by atoms with Crippen molar-refractivity contribution in [1.29, 1.82) is 0 Å². The highest BCUT2D eigenvalue weighted by Gasteiger charge is 2.01. The monoisotopic (exact) mass is 293 g/mol. The van der Waals surface area contributed by atoms with E-state index in [0.717, 1.165) is 28.4 Å². The van der Waals surface area contributed by atoms with Gasteiger partial charge in [0.05, 0.1) is 5.35 Å². The van der Waals surface area contributed by atoms with E-state index in [1.54, 1.807) is 6.33 Å². The number of nitrogens with zero attached hydrogens (tertiary/aromatic N) is 2. The summed E-state index contributed by atoms with van der Waals surface area (Å²) in [6.07, 6.45) is 8.93. The minimum atomic E-state index is 0.848. The van der Waals surface area contributed by atoms with Crippen LogP contribution in [0.4, 0.5) is 5.82 Å². The number of nitrogens with one attached hydrogen (secondary N) is 1. The van der Waals surface area contributed by atoms with Gasteiger partial charge >= 0.3 is 0 Å². The Morgan fingerprint density at radius 1 is 1.18 bits per heavy atom. The molecular formula is C19H23N3. The lowest BCUT2D eigenvalue weighted by Crippen LogP contribution is -2.31. The molecule has 0 bridgehead atoms. The molecule has 2 aromatic rings. The molecule has 0 aliphatic rings. The smallest absolute Gasteiger partial charge is 0.137 e. The highest BCUT2D eigenvalue weighted by molar-refractivity contribution is 5.88. The summed E-state index contributed by atoms with van der Waals surface area (Å²) in [4.78, 5) is 8.74. The normalized spacial score (nSPS) is 13.5. The summed E-state index contributed by atoms with van der Waals surface area (Å²) in [5.41, 5.74) is 3.62. The number of hydrogen-bond donors (Lipinski definition) is 1. The number of rotatable bonds is 4. The average Bonchev–Trinajstić information content (AvgIpc) is 2.54. The quantitative estimate of drug-likeness (QED) is 0.942. The first kappa shape index (κ1) is 16.0. The summed E-state index contributed by atoms with van der Waals surface area (Å²) < 4.78 is 0. The Hall–Kier alpha value is -2.42. The Kier molecular flexibility index (Phi) is 5.48. The van der Waals surface area contributed by atoms with Crippen LogP contribution in [0.25, 0.3) is 17.7 Å². The van der Waals surface area contributed by atoms with E-state index in [1.807, 2.05) is 7.05 Å². The summed E-state index contributed by atoms with van der Waals surface area (Å²) in [7, 11) is 1.89. The van der Waals surface area contributed by atoms with Gasteiger partial charge in [-0.3, -0.25) is 0 Å². The highest BCUT2D eigenvalue weighted by atomic mass is 15.0. The molecule has 1 aromatic carbocycles. The predicted octanol–water partition coefficient (Wildman–Crippen LogP) is 2.90. The molecule has 0 amide bonds. The second kappa shape index (κ2) is 7.55. The Bertz CT molecular complexity index is 771. The molecule has 0 unspecified atom stereocenters. The van der Waals surface area contributed by atoms with Crippen molar-refractivity contribution < 1.29 is 0 Å². The van der Waals surface area contributed by atoms with Crippen molar-refractivity contribution in [3.8, 4) is 0 Å². The second-order valence-electron chi connectivity index (χ2n) is 5.14. The van der Waals surface area contributed by atoms with Gasteiger partial charge in [-0.15, -0.1) is 0 Å². The minimum absolute atomic E-state index is 0.848. The average molecular weight is 293 g/mol. The topological polar surface area (TPSA) is 37.8 Å². The molecule has 0 saturated carbocycles. The third-order valence-electron chi connectivity index (χ3n) is 3.54. The Balaban J connectivity index is 2.65. The number of anilines is 1. The maximum Gasteiger partial charge on any atom is 0.137 e. The van der Waals surface area contributed by atoms with Gasteiger partial charge in [-0.2, -0.15) is 0 Å². The predicted molar refractivity (Wildman–Crippen MR) is 94.9 cm³/mol. The van der Waals surface area contributed by atoms with Gasteiger partial charge in [0.2, 0.25) is 0 Å². The van der Waals surface area contributed by atoms with Gasteiger partial charge in [0, 0.05) is 12.3 Å². The molecule has 0 aliphatic heterocycles. The molecule has 3 heteroatoms. The third-order valence-corrected chi connectivity index (χ3v) is 3.54. The molecule has 2 rings (SSSR count). The fourth-order valence-corrected chi connectivity index (χ4v) is 2.34. The van der Waals surface area contributed by atoms with Crippen LogP contribution in [-0.2, 0) is 0 Å². The Labute approximate surface area is 132 Å². The van der Waals surface area contributed by atoms with Crippen LogP contribution in [0.2, 0.25) is 0 Å². The first-order valence-corrected chi connectivity index (χ1v) is 7.63. The fourth-order valence-electron chi connectivity index (χ4n) is 2.34. The van der Waals surface area contributed by atoms with Crippen molar-refractivity contribution in [1.82, 2.24) is 9.97 Å². The van der Waals surface area contributed by atoms with Crippen LogP contribution in [-0.4, -0.2) is 17.0 Å². The zero-order valence-electron chi connectivity index (χ0n) is 13.7. The van der Waals surface area contributed by atoms with Crippen molar-refractivity contribution in [2.24, 2.45) is 0 Å². The van der Waals surface area contributed by atoms with Crippen molar-refractivity contribution in [2.75, 3.05) is 12.4 Å². The maximum atomic E-state index is 4.41. The lowest BCUT2D eigenvalue weighted by molar-refractivity contribution is 1.08. The number of aromatic nitrogens is 2. The van der Waals surface area contributed by atoms with Crippen LogP contribution >= 0.6 is 0 Å². The molecule has 0 spiro atoms. The van der Waals surface area contributed by atoms with E-state index in [0.29, 0.717) is 0 Å². The van der Waals surface area contributed by atoms with Gasteiger partial charge in [0.15, 0.2) is 0 Å². The van der Waals surface area contributed by atoms with Crippen LogP contribution < -0.4 is 15.9 Å². The maximum absolute atomic E-state index is 4.41. The molecule has 0 aliphatic carbocycles. The lowest BCUT2D eigenvalue weighted by atomic mass is 10.0. The van der Waals surface area contributed by atoms with Crippen molar-refractivity contribution in [3.63, 3.8) is 0 Å². The van der Waals surface area contributed by atoms with Gasteiger partial charge in [0.25, 0.3) is 0 Å². The van der Waals surface area contributed by atoms with Crippen LogP contribution in [0, 0.1) is 6.92 Å². The van der Waals surface area contributed by atoms with E-state index in [-0.39, 0.29) is 0 Å². The Morgan fingerprint density at radius 3 is 2.50 bits per heavy atom. The SMILES string of the molecule is C\C=C(/C=c1/c(NC)ncn/c1=C\CC)c1ccc(C)cc1. The first-order chi connectivity index (χ1) is 10.7. The zero-order valence-corrected chi connectivity index (χ0v) is 13.7. The van der Waals surface area contributed by atoms with E-state index in [9.17, 15) is 0 Å². The number of hydrogen-bond acceptors (Lipinski definition) is 3. The summed E-state index contributed by atoms with van der Waals surface area (Å²) in [5, 5.41) is 5.15. The molecule has 22 heavy (non-hydrogen) atoms. The van der Waals surface area contributed by atoms with Crippen molar-refractivity contribution >= 4 is 23.5 Å². The standard InChI is InChI=1S/C19H23N3/c1-5-7-18-17(19(20-4)22-13-21-18)12-15(6-2)16-10-8-14(3)9-11-16/h6-13H,5H2,1-4H3,(H,20,21,22)/b15-6+,17-12+,18-7-. The first-order valence-electron chi connectivity index (χ1n) is 7.63. The minimum Gasteiger partial charge on any atom is -0.373 e. The third kappa shape index (κ3) is 3.61. The molecule has 1 heterocycles. The molecule has 0 fully saturated rings. The van der Waals surface area contributed by atoms with Crippen molar-refractivity contribution in [3.05, 3.63) is 58.4 Å². The van der Waals surface area contributed by atoms with Gasteiger partial charge in [-0.1, -0.05) is 48.9 Å². The largest absolute Gasteiger partial charge is 0.373 e. The zero-order chi connectivity index (χ0) is 15.9. The molecule has 0 radical (unpaired) electrons. The summed E-state index contributed by atoms with van der Waals surface area (Å²) >= 11 is 0. The van der Waals surface area contributed by atoms with Crippen LogP contribution in [0.5, 0.6) is 0 Å². The van der Waals surface area contributed by atoms with E-state index in [4.69, 9.17) is 0 Å². The molecule has 1 aromatic heterocycles. The molecular weight excluding hydrogens is 270 g/mol. The van der Waals surface area contributed by atoms with E-state index < -0.39 is 0 Å². The van der Waals surface area contributed by atoms with E-state index in [1.165, 1.54) is 11.1 Å². The summed E-state index contributed by atoms with van der Waals surface area (Å²) in [6, 6.07) is 8.55. The van der Waals surface area contributed by atoms with Gasteiger partial charge in [-0.05, 0) is 37.5 Å². The van der Waals surface area contributed by atoms with E-state index >= 15 is 0 Å². The Morgan fingerprint density at radius 2 is 1.91 bits per heavy atom. The van der Waals surface area contributed by atoms with E-state index in [2.05, 4.69) is 78.5 Å².